The Labute approximate surface area is 154 Å². The Morgan fingerprint density at radius 2 is 1.85 bits per heavy atom. The zero-order chi connectivity index (χ0) is 19.4. The van der Waals surface area contributed by atoms with E-state index < -0.39 is 21.8 Å². The lowest BCUT2D eigenvalue weighted by molar-refractivity contribution is -0.137. The van der Waals surface area contributed by atoms with E-state index in [0.29, 0.717) is 31.4 Å². The minimum Gasteiger partial charge on any atom is -0.353 e. The number of sulfonamides is 1. The second kappa shape index (κ2) is 6.16. The number of fused-ring (bicyclic) bond motifs is 2. The molecule has 5 rings (SSSR count). The predicted molar refractivity (Wildman–Crippen MR) is 91.6 cm³/mol. The van der Waals surface area contributed by atoms with Crippen LogP contribution < -0.4 is 4.90 Å². The quantitative estimate of drug-likeness (QED) is 0.795. The fourth-order valence-corrected chi connectivity index (χ4v) is 5.59. The van der Waals surface area contributed by atoms with Crippen LogP contribution in [0.15, 0.2) is 41.4 Å². The first kappa shape index (κ1) is 18.2. The van der Waals surface area contributed by atoms with E-state index in [-0.39, 0.29) is 17.0 Å². The van der Waals surface area contributed by atoms with Gasteiger partial charge in [0.1, 0.15) is 11.6 Å². The first-order valence-corrected chi connectivity index (χ1v) is 9.85. The number of rotatable bonds is 3. The number of piperazine rings is 1. The minimum atomic E-state index is -4.59. The van der Waals surface area contributed by atoms with Crippen molar-refractivity contribution in [2.75, 3.05) is 18.0 Å². The molecule has 1 aromatic heterocycles. The Balaban J connectivity index is 1.57. The smallest absolute Gasteiger partial charge is 0.353 e. The summed E-state index contributed by atoms with van der Waals surface area (Å²) in [7, 11) is -3.98. The lowest BCUT2D eigenvalue weighted by Crippen LogP contribution is -2.70. The molecule has 144 valence electrons. The first-order valence-electron chi connectivity index (χ1n) is 8.41. The highest BCUT2D eigenvalue weighted by Crippen LogP contribution is 2.39. The molecule has 2 bridgehead atoms. The number of aryl methyl sites for hydroxylation is 1. The molecule has 27 heavy (non-hydrogen) atoms. The van der Waals surface area contributed by atoms with Crippen LogP contribution in [0.2, 0.25) is 0 Å². The van der Waals surface area contributed by atoms with Gasteiger partial charge in [-0.15, -0.1) is 0 Å². The van der Waals surface area contributed by atoms with E-state index in [0.717, 1.165) is 18.0 Å². The molecule has 1 aromatic carbocycles. The second-order valence-electron chi connectivity index (χ2n) is 6.77. The van der Waals surface area contributed by atoms with Crippen molar-refractivity contribution in [3.8, 4) is 0 Å². The summed E-state index contributed by atoms with van der Waals surface area (Å²) in [4.78, 5) is 10.1. The number of piperidine rings is 1. The largest absolute Gasteiger partial charge is 0.416 e. The number of alkyl halides is 3. The van der Waals surface area contributed by atoms with Crippen molar-refractivity contribution >= 4 is 15.8 Å². The maximum absolute atomic E-state index is 12.9. The van der Waals surface area contributed by atoms with Crippen LogP contribution in [-0.4, -0.2) is 47.9 Å². The van der Waals surface area contributed by atoms with Gasteiger partial charge in [-0.05, 0) is 37.6 Å². The van der Waals surface area contributed by atoms with Crippen LogP contribution in [0.3, 0.4) is 0 Å². The number of aromatic nitrogens is 2. The van der Waals surface area contributed by atoms with Crippen LogP contribution in [0.25, 0.3) is 0 Å². The van der Waals surface area contributed by atoms with Crippen LogP contribution in [0.4, 0.5) is 19.0 Å². The molecule has 0 aliphatic carbocycles. The Hall–Kier alpha value is -2.20. The van der Waals surface area contributed by atoms with E-state index in [4.69, 9.17) is 0 Å². The molecule has 3 aliphatic heterocycles. The summed E-state index contributed by atoms with van der Waals surface area (Å²) in [5, 5.41) is 0. The van der Waals surface area contributed by atoms with Crippen molar-refractivity contribution in [3.63, 3.8) is 0 Å². The number of halogens is 3. The van der Waals surface area contributed by atoms with Crippen LogP contribution in [0.1, 0.15) is 17.8 Å². The van der Waals surface area contributed by atoms with Gasteiger partial charge in [-0.2, -0.15) is 17.5 Å². The van der Waals surface area contributed by atoms with Gasteiger partial charge in [-0.3, -0.25) is 0 Å². The highest BCUT2D eigenvalue weighted by molar-refractivity contribution is 7.89. The summed E-state index contributed by atoms with van der Waals surface area (Å²) in [6, 6.07) is 5.12. The van der Waals surface area contributed by atoms with Crippen LogP contribution in [0, 0.1) is 6.92 Å². The molecule has 3 saturated heterocycles. The van der Waals surface area contributed by atoms with Crippen molar-refractivity contribution in [3.05, 3.63) is 47.9 Å². The van der Waals surface area contributed by atoms with Gasteiger partial charge in [0.15, 0.2) is 0 Å². The van der Waals surface area contributed by atoms with E-state index in [1.807, 2.05) is 4.90 Å². The third kappa shape index (κ3) is 3.16. The highest BCUT2D eigenvalue weighted by atomic mass is 32.2. The van der Waals surface area contributed by atoms with E-state index in [9.17, 15) is 21.6 Å². The van der Waals surface area contributed by atoms with Gasteiger partial charge in [-0.25, -0.2) is 18.4 Å². The monoisotopic (exact) mass is 398 g/mol. The number of benzene rings is 1. The molecule has 10 heteroatoms. The standard InChI is InChI=1S/C17H17F3N4O2S/c1-11-21-6-5-16(22-11)23-9-13-8-14(10-23)24(13)27(25,26)15-4-2-3-12(7-15)17(18,19)20/h2-7,13-14H,8-10H2,1H3. The fourth-order valence-electron chi connectivity index (χ4n) is 3.73. The molecule has 3 fully saturated rings. The number of hydrogen-bond acceptors (Lipinski definition) is 5. The minimum absolute atomic E-state index is 0.279. The summed E-state index contributed by atoms with van der Waals surface area (Å²) < 4.78 is 66.0. The molecule has 2 aromatic rings. The van der Waals surface area contributed by atoms with Gasteiger partial charge in [0.2, 0.25) is 10.0 Å². The third-order valence-electron chi connectivity index (χ3n) is 4.95. The summed E-state index contributed by atoms with van der Waals surface area (Å²) in [5.74, 6) is 1.36. The fraction of sp³-hybridized carbons (Fsp3) is 0.412. The van der Waals surface area contributed by atoms with Gasteiger partial charge < -0.3 is 4.90 Å². The molecule has 0 amide bonds. The van der Waals surface area contributed by atoms with Crippen LogP contribution in [-0.2, 0) is 16.2 Å². The van der Waals surface area contributed by atoms with Crippen molar-refractivity contribution in [2.45, 2.75) is 36.5 Å². The number of hydrogen-bond donors (Lipinski definition) is 0. The Kier molecular flexibility index (Phi) is 4.15. The van der Waals surface area contributed by atoms with E-state index in [2.05, 4.69) is 9.97 Å². The molecular weight excluding hydrogens is 381 g/mol. The topological polar surface area (TPSA) is 66.4 Å². The molecule has 0 saturated carbocycles. The predicted octanol–water partition coefficient (Wildman–Crippen LogP) is 2.46. The SMILES string of the molecule is Cc1nccc(N2CC3CC(C2)N3S(=O)(=O)c2cccc(C(F)(F)F)c2)n1. The zero-order valence-corrected chi connectivity index (χ0v) is 15.2. The molecular formula is C17H17F3N4O2S. The summed E-state index contributed by atoms with van der Waals surface area (Å²) in [5.41, 5.74) is -0.965. The molecule has 0 spiro atoms. The first-order chi connectivity index (χ1) is 12.7. The van der Waals surface area contributed by atoms with E-state index in [1.165, 1.54) is 10.4 Å². The maximum Gasteiger partial charge on any atom is 0.416 e. The van der Waals surface area contributed by atoms with Crippen LogP contribution >= 0.6 is 0 Å². The van der Waals surface area contributed by atoms with Crippen molar-refractivity contribution < 1.29 is 21.6 Å². The molecule has 6 nitrogen and oxygen atoms in total. The molecule has 0 N–H and O–H groups in total. The highest BCUT2D eigenvalue weighted by Gasteiger charge is 2.51. The van der Waals surface area contributed by atoms with E-state index in [1.54, 1.807) is 19.2 Å². The van der Waals surface area contributed by atoms with Crippen molar-refractivity contribution in [1.29, 1.82) is 0 Å². The number of anilines is 1. The molecule has 4 heterocycles. The molecule has 2 atom stereocenters. The van der Waals surface area contributed by atoms with Crippen molar-refractivity contribution in [2.24, 2.45) is 0 Å². The Morgan fingerprint density at radius 1 is 1.15 bits per heavy atom. The van der Waals surface area contributed by atoms with Gasteiger partial charge >= 0.3 is 6.18 Å². The van der Waals surface area contributed by atoms with Gasteiger partial charge in [0, 0.05) is 31.4 Å². The molecule has 2 unspecified atom stereocenters. The van der Waals surface area contributed by atoms with E-state index >= 15 is 0 Å². The summed E-state index contributed by atoms with van der Waals surface area (Å²) >= 11 is 0. The van der Waals surface area contributed by atoms with Crippen molar-refractivity contribution in [1.82, 2.24) is 14.3 Å². The summed E-state index contributed by atoms with van der Waals surface area (Å²) in [6.07, 6.45) is -2.24. The average Bonchev–Trinajstić information content (AvgIpc) is 2.61. The van der Waals surface area contributed by atoms with Gasteiger partial charge in [-0.1, -0.05) is 6.07 Å². The normalized spacial score (nSPS) is 23.2. The maximum atomic E-state index is 12.9. The lowest BCUT2D eigenvalue weighted by atomic mass is 9.91. The van der Waals surface area contributed by atoms with Crippen LogP contribution in [0.5, 0.6) is 0 Å². The number of nitrogens with zero attached hydrogens (tertiary/aromatic N) is 4. The second-order valence-corrected chi connectivity index (χ2v) is 8.61. The molecule has 0 radical (unpaired) electrons. The average molecular weight is 398 g/mol. The Morgan fingerprint density at radius 3 is 2.48 bits per heavy atom. The molecule has 3 aliphatic rings. The third-order valence-corrected chi connectivity index (χ3v) is 6.95. The van der Waals surface area contributed by atoms with Gasteiger partial charge in [0.25, 0.3) is 0 Å². The Bertz CT molecular complexity index is 968. The lowest BCUT2D eigenvalue weighted by Gasteiger charge is -2.55. The zero-order valence-electron chi connectivity index (χ0n) is 14.4. The summed E-state index contributed by atoms with van der Waals surface area (Å²) in [6.45, 7) is 2.68. The van der Waals surface area contributed by atoms with Gasteiger partial charge in [0.05, 0.1) is 10.5 Å².